The maximum Gasteiger partial charge on any atom is 0.0771 e. The Hall–Kier alpha value is -0.870. The molecule has 0 aliphatic carbocycles. The minimum atomic E-state index is 0.0632. The van der Waals surface area contributed by atoms with Gasteiger partial charge in [0.15, 0.2) is 0 Å². The van der Waals surface area contributed by atoms with Gasteiger partial charge in [-0.05, 0) is 19.8 Å². The van der Waals surface area contributed by atoms with Gasteiger partial charge in [0, 0.05) is 24.4 Å². The van der Waals surface area contributed by atoms with Crippen molar-refractivity contribution < 1.29 is 4.74 Å². The largest absolute Gasteiger partial charge is 0.376 e. The van der Waals surface area contributed by atoms with Gasteiger partial charge in [0.1, 0.15) is 0 Å². The van der Waals surface area contributed by atoms with Crippen LogP contribution in [0.5, 0.6) is 0 Å². The summed E-state index contributed by atoms with van der Waals surface area (Å²) in [6.45, 7) is 3.71. The van der Waals surface area contributed by atoms with Crippen molar-refractivity contribution in [2.75, 3.05) is 6.61 Å². The molecule has 1 aliphatic heterocycles. The molecular weight excluding hydrogens is 178 g/mol. The molecule has 2 rings (SSSR count). The monoisotopic (exact) mass is 195 g/mol. The highest BCUT2D eigenvalue weighted by molar-refractivity contribution is 5.08. The molecule has 0 unspecified atom stereocenters. The number of nitrogens with zero attached hydrogens (tertiary/aromatic N) is 2. The summed E-state index contributed by atoms with van der Waals surface area (Å²) in [6.07, 6.45) is 6.50. The van der Waals surface area contributed by atoms with Gasteiger partial charge < -0.3 is 10.5 Å². The molecule has 1 aromatic rings. The summed E-state index contributed by atoms with van der Waals surface area (Å²) in [5, 5.41) is 4.26. The number of aromatic nitrogens is 2. The van der Waals surface area contributed by atoms with Gasteiger partial charge in [0.05, 0.1) is 18.8 Å². The number of rotatable bonds is 3. The van der Waals surface area contributed by atoms with E-state index >= 15 is 0 Å². The fraction of sp³-hybridized carbons (Fsp3) is 0.700. The molecule has 1 aliphatic rings. The fourth-order valence-corrected chi connectivity index (χ4v) is 1.71. The first-order valence-corrected chi connectivity index (χ1v) is 5.15. The second-order valence-corrected chi connectivity index (χ2v) is 3.92. The lowest BCUT2D eigenvalue weighted by Crippen LogP contribution is -2.15. The molecule has 0 saturated carbocycles. The van der Waals surface area contributed by atoms with Crippen LogP contribution < -0.4 is 5.73 Å². The van der Waals surface area contributed by atoms with Gasteiger partial charge >= 0.3 is 0 Å². The van der Waals surface area contributed by atoms with Crippen LogP contribution in [0.1, 0.15) is 31.4 Å². The van der Waals surface area contributed by atoms with Crippen LogP contribution in [0.15, 0.2) is 12.4 Å². The third-order valence-electron chi connectivity index (χ3n) is 2.59. The van der Waals surface area contributed by atoms with Crippen LogP contribution in [0, 0.1) is 0 Å². The summed E-state index contributed by atoms with van der Waals surface area (Å²) in [5.74, 6) is 0. The van der Waals surface area contributed by atoms with Gasteiger partial charge in [-0.25, -0.2) is 0 Å². The Labute approximate surface area is 84.0 Å². The number of ether oxygens (including phenoxy) is 1. The number of hydrogen-bond acceptors (Lipinski definition) is 3. The van der Waals surface area contributed by atoms with Crippen molar-refractivity contribution in [1.82, 2.24) is 9.78 Å². The standard InChI is InChI=1S/C10H17N3O/c1-8(11)9-5-12-13(6-9)7-10-3-2-4-14-10/h5-6,8,10H,2-4,7,11H2,1H3/t8-,10-/m0/s1. The van der Waals surface area contributed by atoms with Crippen LogP contribution in [0.4, 0.5) is 0 Å². The van der Waals surface area contributed by atoms with Gasteiger partial charge in [-0.15, -0.1) is 0 Å². The normalized spacial score (nSPS) is 24.0. The van der Waals surface area contributed by atoms with Gasteiger partial charge in [0.25, 0.3) is 0 Å². The summed E-state index contributed by atoms with van der Waals surface area (Å²) in [6, 6.07) is 0.0632. The van der Waals surface area contributed by atoms with E-state index in [4.69, 9.17) is 10.5 Å². The molecule has 2 N–H and O–H groups in total. The topological polar surface area (TPSA) is 53.1 Å². The van der Waals surface area contributed by atoms with E-state index in [1.54, 1.807) is 0 Å². The summed E-state index contributed by atoms with van der Waals surface area (Å²) in [7, 11) is 0. The molecule has 4 heteroatoms. The van der Waals surface area contributed by atoms with Crippen LogP contribution in [0.2, 0.25) is 0 Å². The van der Waals surface area contributed by atoms with E-state index in [-0.39, 0.29) is 6.04 Å². The maximum absolute atomic E-state index is 5.75. The molecule has 2 atom stereocenters. The average Bonchev–Trinajstić information content (AvgIpc) is 2.75. The molecule has 1 aromatic heterocycles. The molecule has 2 heterocycles. The molecule has 1 fully saturated rings. The van der Waals surface area contributed by atoms with Crippen molar-refractivity contribution >= 4 is 0 Å². The third kappa shape index (κ3) is 2.13. The summed E-state index contributed by atoms with van der Waals surface area (Å²) in [5.41, 5.74) is 6.84. The first-order chi connectivity index (χ1) is 6.75. The number of nitrogens with two attached hydrogens (primary N) is 1. The maximum atomic E-state index is 5.75. The molecule has 14 heavy (non-hydrogen) atoms. The lowest BCUT2D eigenvalue weighted by atomic mass is 10.2. The smallest absolute Gasteiger partial charge is 0.0771 e. The molecule has 78 valence electrons. The van der Waals surface area contributed by atoms with E-state index in [0.717, 1.165) is 25.1 Å². The van der Waals surface area contributed by atoms with E-state index in [2.05, 4.69) is 5.10 Å². The van der Waals surface area contributed by atoms with E-state index in [1.807, 2.05) is 24.0 Å². The van der Waals surface area contributed by atoms with Crippen molar-refractivity contribution in [3.8, 4) is 0 Å². The highest BCUT2D eigenvalue weighted by Gasteiger charge is 2.16. The van der Waals surface area contributed by atoms with Crippen molar-refractivity contribution in [2.45, 2.75) is 38.5 Å². The molecule has 0 aromatic carbocycles. The lowest BCUT2D eigenvalue weighted by Gasteiger charge is -2.08. The van der Waals surface area contributed by atoms with E-state index < -0.39 is 0 Å². The summed E-state index contributed by atoms with van der Waals surface area (Å²) >= 11 is 0. The Morgan fingerprint density at radius 1 is 1.79 bits per heavy atom. The van der Waals surface area contributed by atoms with Gasteiger partial charge in [-0.1, -0.05) is 0 Å². The van der Waals surface area contributed by atoms with Crippen LogP contribution >= 0.6 is 0 Å². The highest BCUT2D eigenvalue weighted by Crippen LogP contribution is 2.14. The Balaban J connectivity index is 1.95. The summed E-state index contributed by atoms with van der Waals surface area (Å²) < 4.78 is 7.46. The van der Waals surface area contributed by atoms with Gasteiger partial charge in [-0.3, -0.25) is 4.68 Å². The van der Waals surface area contributed by atoms with Gasteiger partial charge in [-0.2, -0.15) is 5.10 Å². The zero-order chi connectivity index (χ0) is 9.97. The third-order valence-corrected chi connectivity index (χ3v) is 2.59. The van der Waals surface area contributed by atoms with Gasteiger partial charge in [0.2, 0.25) is 0 Å². The molecule has 4 nitrogen and oxygen atoms in total. The highest BCUT2D eigenvalue weighted by atomic mass is 16.5. The molecule has 0 amide bonds. The Morgan fingerprint density at radius 2 is 2.64 bits per heavy atom. The van der Waals surface area contributed by atoms with Crippen molar-refractivity contribution in [1.29, 1.82) is 0 Å². The zero-order valence-corrected chi connectivity index (χ0v) is 8.52. The van der Waals surface area contributed by atoms with Crippen LogP contribution in [-0.2, 0) is 11.3 Å². The van der Waals surface area contributed by atoms with E-state index in [0.29, 0.717) is 6.10 Å². The number of hydrogen-bond donors (Lipinski definition) is 1. The fourth-order valence-electron chi connectivity index (χ4n) is 1.71. The van der Waals surface area contributed by atoms with Crippen LogP contribution in [0.3, 0.4) is 0 Å². The van der Waals surface area contributed by atoms with Crippen molar-refractivity contribution in [3.63, 3.8) is 0 Å². The lowest BCUT2D eigenvalue weighted by molar-refractivity contribution is 0.0940. The minimum absolute atomic E-state index is 0.0632. The predicted octanol–water partition coefficient (Wildman–Crippen LogP) is 1.08. The van der Waals surface area contributed by atoms with Crippen molar-refractivity contribution in [3.05, 3.63) is 18.0 Å². The Morgan fingerprint density at radius 3 is 3.21 bits per heavy atom. The van der Waals surface area contributed by atoms with Crippen LogP contribution in [-0.4, -0.2) is 22.5 Å². The molecule has 0 radical (unpaired) electrons. The second kappa shape index (κ2) is 4.11. The van der Waals surface area contributed by atoms with E-state index in [9.17, 15) is 0 Å². The van der Waals surface area contributed by atoms with Crippen molar-refractivity contribution in [2.24, 2.45) is 5.73 Å². The van der Waals surface area contributed by atoms with Crippen LogP contribution in [0.25, 0.3) is 0 Å². The average molecular weight is 195 g/mol. The molecular formula is C10H17N3O. The molecule has 1 saturated heterocycles. The zero-order valence-electron chi connectivity index (χ0n) is 8.52. The first kappa shape index (κ1) is 9.68. The second-order valence-electron chi connectivity index (χ2n) is 3.92. The molecule has 0 bridgehead atoms. The summed E-state index contributed by atoms with van der Waals surface area (Å²) in [4.78, 5) is 0. The Kier molecular flexibility index (Phi) is 2.84. The van der Waals surface area contributed by atoms with E-state index in [1.165, 1.54) is 6.42 Å². The quantitative estimate of drug-likeness (QED) is 0.785. The Bertz CT molecular complexity index is 289. The SMILES string of the molecule is C[C@H](N)c1cnn(C[C@@H]2CCCO2)c1. The predicted molar refractivity (Wildman–Crippen MR) is 53.8 cm³/mol. The molecule has 0 spiro atoms. The minimum Gasteiger partial charge on any atom is -0.376 e. The first-order valence-electron chi connectivity index (χ1n) is 5.15.